The van der Waals surface area contributed by atoms with Crippen molar-refractivity contribution in [3.8, 4) is 0 Å². The van der Waals surface area contributed by atoms with Gasteiger partial charge in [-0.15, -0.1) is 0 Å². The minimum atomic E-state index is -0.168. The lowest BCUT2D eigenvalue weighted by atomic mass is 10.1. The van der Waals surface area contributed by atoms with E-state index >= 15 is 0 Å². The first-order chi connectivity index (χ1) is 9.08. The fourth-order valence-corrected chi connectivity index (χ4v) is 1.84. The highest BCUT2D eigenvalue weighted by Crippen LogP contribution is 2.14. The molecule has 2 aromatic carbocycles. The topological polar surface area (TPSA) is 46.2 Å². The van der Waals surface area contributed by atoms with Crippen LogP contribution in [0.25, 0.3) is 0 Å². The molecule has 3 heteroatoms. The van der Waals surface area contributed by atoms with Crippen LogP contribution in [0.2, 0.25) is 0 Å². The average Bonchev–Trinajstić information content (AvgIpc) is 2.39. The van der Waals surface area contributed by atoms with E-state index in [0.29, 0.717) is 16.8 Å². The number of rotatable bonds is 3. The molecule has 0 bridgehead atoms. The first-order valence-electron chi connectivity index (χ1n) is 6.06. The molecule has 0 aromatic heterocycles. The van der Waals surface area contributed by atoms with E-state index in [1.54, 1.807) is 30.3 Å². The van der Waals surface area contributed by atoms with Gasteiger partial charge in [-0.1, -0.05) is 30.3 Å². The van der Waals surface area contributed by atoms with Crippen molar-refractivity contribution in [2.24, 2.45) is 0 Å². The Hall–Kier alpha value is -2.42. The lowest BCUT2D eigenvalue weighted by Gasteiger charge is -2.08. The van der Waals surface area contributed by atoms with E-state index in [0.717, 1.165) is 5.56 Å². The molecule has 2 rings (SSSR count). The maximum atomic E-state index is 12.1. The van der Waals surface area contributed by atoms with E-state index in [-0.39, 0.29) is 11.7 Å². The number of hydrogen-bond acceptors (Lipinski definition) is 2. The highest BCUT2D eigenvalue weighted by atomic mass is 16.1. The van der Waals surface area contributed by atoms with Crippen molar-refractivity contribution in [2.75, 3.05) is 5.32 Å². The molecular formula is C16H15NO2. The molecule has 2 aromatic rings. The van der Waals surface area contributed by atoms with Gasteiger partial charge in [-0.25, -0.2) is 0 Å². The minimum absolute atomic E-state index is 0.0213. The SMILES string of the molecule is CC(=O)c1cccc(NC(=O)c2ccccc2C)c1. The zero-order valence-corrected chi connectivity index (χ0v) is 10.9. The molecule has 1 amide bonds. The molecule has 0 heterocycles. The van der Waals surface area contributed by atoms with E-state index in [1.165, 1.54) is 6.92 Å². The first kappa shape index (κ1) is 13.0. The van der Waals surface area contributed by atoms with Gasteiger partial charge in [0.2, 0.25) is 0 Å². The second-order valence-electron chi connectivity index (χ2n) is 4.41. The Morgan fingerprint density at radius 1 is 1.00 bits per heavy atom. The van der Waals surface area contributed by atoms with Crippen molar-refractivity contribution in [2.45, 2.75) is 13.8 Å². The van der Waals surface area contributed by atoms with E-state index in [1.807, 2.05) is 25.1 Å². The van der Waals surface area contributed by atoms with Gasteiger partial charge in [0.15, 0.2) is 5.78 Å². The molecule has 3 nitrogen and oxygen atoms in total. The van der Waals surface area contributed by atoms with Crippen molar-refractivity contribution in [1.82, 2.24) is 0 Å². The number of carbonyl (C=O) groups excluding carboxylic acids is 2. The van der Waals surface area contributed by atoms with Gasteiger partial charge in [0.25, 0.3) is 5.91 Å². The second-order valence-corrected chi connectivity index (χ2v) is 4.41. The molecule has 0 saturated carbocycles. The summed E-state index contributed by atoms with van der Waals surface area (Å²) in [5, 5.41) is 2.80. The molecule has 19 heavy (non-hydrogen) atoms. The van der Waals surface area contributed by atoms with Crippen LogP contribution in [0.5, 0.6) is 0 Å². The Balaban J connectivity index is 2.22. The summed E-state index contributed by atoms with van der Waals surface area (Å²) < 4.78 is 0. The Labute approximate surface area is 112 Å². The van der Waals surface area contributed by atoms with Crippen LogP contribution in [0.4, 0.5) is 5.69 Å². The van der Waals surface area contributed by atoms with Gasteiger partial charge in [-0.3, -0.25) is 9.59 Å². The molecule has 0 aliphatic rings. The number of amides is 1. The summed E-state index contributed by atoms with van der Waals surface area (Å²) in [5.41, 5.74) is 2.77. The highest BCUT2D eigenvalue weighted by Gasteiger charge is 2.09. The number of Topliss-reactive ketones (excluding diaryl/α,β-unsaturated/α-hetero) is 1. The van der Waals surface area contributed by atoms with Crippen LogP contribution in [0.1, 0.15) is 33.2 Å². The van der Waals surface area contributed by atoms with Crippen LogP contribution in [0.15, 0.2) is 48.5 Å². The lowest BCUT2D eigenvalue weighted by molar-refractivity contribution is 0.101. The molecule has 96 valence electrons. The molecule has 1 N–H and O–H groups in total. The third kappa shape index (κ3) is 3.07. The monoisotopic (exact) mass is 253 g/mol. The smallest absolute Gasteiger partial charge is 0.255 e. The molecule has 0 radical (unpaired) electrons. The fourth-order valence-electron chi connectivity index (χ4n) is 1.84. The van der Waals surface area contributed by atoms with Crippen LogP contribution in [0.3, 0.4) is 0 Å². The zero-order valence-electron chi connectivity index (χ0n) is 10.9. The van der Waals surface area contributed by atoms with Gasteiger partial charge >= 0.3 is 0 Å². The van der Waals surface area contributed by atoms with Crippen LogP contribution in [-0.2, 0) is 0 Å². The molecular weight excluding hydrogens is 238 g/mol. The Kier molecular flexibility index (Phi) is 3.76. The summed E-state index contributed by atoms with van der Waals surface area (Å²) >= 11 is 0. The quantitative estimate of drug-likeness (QED) is 0.851. The molecule has 0 unspecified atom stereocenters. The van der Waals surface area contributed by atoms with Gasteiger partial charge in [-0.05, 0) is 37.6 Å². The third-order valence-corrected chi connectivity index (χ3v) is 2.92. The summed E-state index contributed by atoms with van der Waals surface area (Å²) in [6, 6.07) is 14.3. The molecule has 0 atom stereocenters. The molecule has 0 fully saturated rings. The summed E-state index contributed by atoms with van der Waals surface area (Å²) in [5.74, 6) is -0.189. The maximum absolute atomic E-state index is 12.1. The number of carbonyl (C=O) groups is 2. The molecule has 0 saturated heterocycles. The van der Waals surface area contributed by atoms with E-state index in [4.69, 9.17) is 0 Å². The fraction of sp³-hybridized carbons (Fsp3) is 0.125. The van der Waals surface area contributed by atoms with Crippen LogP contribution in [0, 0.1) is 6.92 Å². The highest BCUT2D eigenvalue weighted by molar-refractivity contribution is 6.06. The Bertz CT molecular complexity index is 632. The maximum Gasteiger partial charge on any atom is 0.255 e. The van der Waals surface area contributed by atoms with Crippen LogP contribution in [-0.4, -0.2) is 11.7 Å². The molecule has 0 spiro atoms. The van der Waals surface area contributed by atoms with E-state index in [2.05, 4.69) is 5.32 Å². The van der Waals surface area contributed by atoms with Crippen molar-refractivity contribution < 1.29 is 9.59 Å². The predicted octanol–water partition coefficient (Wildman–Crippen LogP) is 3.45. The number of anilines is 1. The summed E-state index contributed by atoms with van der Waals surface area (Å²) in [7, 11) is 0. The summed E-state index contributed by atoms with van der Waals surface area (Å²) in [4.78, 5) is 23.4. The van der Waals surface area contributed by atoms with Crippen molar-refractivity contribution in [1.29, 1.82) is 0 Å². The van der Waals surface area contributed by atoms with Gasteiger partial charge in [0.1, 0.15) is 0 Å². The third-order valence-electron chi connectivity index (χ3n) is 2.92. The molecule has 0 aliphatic carbocycles. The van der Waals surface area contributed by atoms with E-state index < -0.39 is 0 Å². The van der Waals surface area contributed by atoms with Gasteiger partial charge in [-0.2, -0.15) is 0 Å². The average molecular weight is 253 g/mol. The summed E-state index contributed by atoms with van der Waals surface area (Å²) in [6.45, 7) is 3.39. The number of nitrogens with one attached hydrogen (secondary N) is 1. The van der Waals surface area contributed by atoms with Gasteiger partial charge < -0.3 is 5.32 Å². The lowest BCUT2D eigenvalue weighted by Crippen LogP contribution is -2.13. The predicted molar refractivity (Wildman–Crippen MR) is 75.6 cm³/mol. The van der Waals surface area contributed by atoms with E-state index in [9.17, 15) is 9.59 Å². The number of ketones is 1. The normalized spacial score (nSPS) is 10.0. The standard InChI is InChI=1S/C16H15NO2/c1-11-6-3-4-9-15(11)16(19)17-14-8-5-7-13(10-14)12(2)18/h3-10H,1-2H3,(H,17,19). The number of hydrogen-bond donors (Lipinski definition) is 1. The zero-order chi connectivity index (χ0) is 13.8. The first-order valence-corrected chi connectivity index (χ1v) is 6.06. The number of aryl methyl sites for hydroxylation is 1. The van der Waals surface area contributed by atoms with Crippen molar-refractivity contribution in [3.05, 3.63) is 65.2 Å². The van der Waals surface area contributed by atoms with Gasteiger partial charge in [0, 0.05) is 16.8 Å². The molecule has 0 aliphatic heterocycles. The van der Waals surface area contributed by atoms with Crippen LogP contribution >= 0.6 is 0 Å². The Morgan fingerprint density at radius 2 is 1.74 bits per heavy atom. The van der Waals surface area contributed by atoms with Gasteiger partial charge in [0.05, 0.1) is 0 Å². The second kappa shape index (κ2) is 5.48. The summed E-state index contributed by atoms with van der Waals surface area (Å²) in [6.07, 6.45) is 0. The van der Waals surface area contributed by atoms with Crippen LogP contribution < -0.4 is 5.32 Å². The minimum Gasteiger partial charge on any atom is -0.322 e. The largest absolute Gasteiger partial charge is 0.322 e. The Morgan fingerprint density at radius 3 is 2.42 bits per heavy atom. The van der Waals surface area contributed by atoms with Crippen molar-refractivity contribution >= 4 is 17.4 Å². The number of benzene rings is 2. The van der Waals surface area contributed by atoms with Crippen molar-refractivity contribution in [3.63, 3.8) is 0 Å².